The van der Waals surface area contributed by atoms with Crippen molar-refractivity contribution in [2.24, 2.45) is 0 Å². The Labute approximate surface area is 98.8 Å². The van der Waals surface area contributed by atoms with Gasteiger partial charge in [0, 0.05) is 6.54 Å². The minimum atomic E-state index is -0.898. The van der Waals surface area contributed by atoms with Gasteiger partial charge in [-0.25, -0.2) is 9.37 Å². The summed E-state index contributed by atoms with van der Waals surface area (Å²) in [6, 6.07) is 4.60. The van der Waals surface area contributed by atoms with E-state index in [4.69, 9.17) is 5.11 Å². The van der Waals surface area contributed by atoms with Crippen LogP contribution >= 0.6 is 15.9 Å². The monoisotopic (exact) mass is 286 g/mol. The third kappa shape index (κ3) is 1.92. The molecule has 0 bridgehead atoms. The van der Waals surface area contributed by atoms with E-state index in [0.29, 0.717) is 10.3 Å². The molecule has 6 heteroatoms. The zero-order valence-electron chi connectivity index (χ0n) is 8.15. The van der Waals surface area contributed by atoms with Gasteiger partial charge in [0.15, 0.2) is 10.6 Å². The molecule has 0 aliphatic rings. The Morgan fingerprint density at radius 3 is 3.00 bits per heavy atom. The van der Waals surface area contributed by atoms with Crippen molar-refractivity contribution in [3.63, 3.8) is 0 Å². The number of para-hydroxylation sites is 1. The average molecular weight is 287 g/mol. The van der Waals surface area contributed by atoms with Crippen molar-refractivity contribution in [1.82, 2.24) is 9.55 Å². The maximum absolute atomic E-state index is 13.4. The molecule has 0 radical (unpaired) electrons. The quantitative estimate of drug-likeness (QED) is 0.943. The highest BCUT2D eigenvalue weighted by Crippen LogP contribution is 2.22. The van der Waals surface area contributed by atoms with Crippen molar-refractivity contribution < 1.29 is 14.3 Å². The van der Waals surface area contributed by atoms with Crippen LogP contribution in [0.1, 0.15) is 6.42 Å². The third-order valence-corrected chi connectivity index (χ3v) is 2.84. The standard InChI is InChI=1S/C10H8BrFN2O2/c11-10-13-9-6(12)2-1-3-7(9)14(10)5-4-8(15)16/h1-3H,4-5H2,(H,15,16). The largest absolute Gasteiger partial charge is 0.481 e. The predicted molar refractivity (Wildman–Crippen MR) is 59.6 cm³/mol. The van der Waals surface area contributed by atoms with Crippen molar-refractivity contribution in [3.8, 4) is 0 Å². The molecule has 84 valence electrons. The van der Waals surface area contributed by atoms with E-state index in [9.17, 15) is 9.18 Å². The molecule has 0 aliphatic carbocycles. The normalized spacial score (nSPS) is 10.9. The number of halogens is 2. The summed E-state index contributed by atoms with van der Waals surface area (Å²) in [7, 11) is 0. The number of aliphatic carboxylic acids is 1. The van der Waals surface area contributed by atoms with Crippen molar-refractivity contribution in [3.05, 3.63) is 28.7 Å². The second-order valence-corrected chi connectivity index (χ2v) is 3.99. The summed E-state index contributed by atoms with van der Waals surface area (Å²) in [6.07, 6.45) is -0.0272. The Morgan fingerprint density at radius 1 is 1.56 bits per heavy atom. The molecule has 2 rings (SSSR count). The Morgan fingerprint density at radius 2 is 2.31 bits per heavy atom. The van der Waals surface area contributed by atoms with Gasteiger partial charge in [-0.15, -0.1) is 0 Å². The summed E-state index contributed by atoms with van der Waals surface area (Å²) < 4.78 is 15.4. The van der Waals surface area contributed by atoms with Gasteiger partial charge in [-0.3, -0.25) is 4.79 Å². The molecule has 4 nitrogen and oxygen atoms in total. The number of nitrogens with zero attached hydrogens (tertiary/aromatic N) is 2. The highest BCUT2D eigenvalue weighted by Gasteiger charge is 2.12. The molecule has 0 saturated carbocycles. The van der Waals surface area contributed by atoms with Gasteiger partial charge in [0.2, 0.25) is 0 Å². The topological polar surface area (TPSA) is 55.1 Å². The SMILES string of the molecule is O=C(O)CCn1c(Br)nc2c(F)cccc21. The van der Waals surface area contributed by atoms with E-state index in [1.165, 1.54) is 6.07 Å². The third-order valence-electron chi connectivity index (χ3n) is 2.23. The number of hydrogen-bond donors (Lipinski definition) is 1. The summed E-state index contributed by atoms with van der Waals surface area (Å²) >= 11 is 3.19. The van der Waals surface area contributed by atoms with Gasteiger partial charge in [-0.1, -0.05) is 6.07 Å². The lowest BCUT2D eigenvalue weighted by Crippen LogP contribution is -2.04. The van der Waals surface area contributed by atoms with Gasteiger partial charge in [0.1, 0.15) is 5.52 Å². The number of fused-ring (bicyclic) bond motifs is 1. The number of imidazole rings is 1. The predicted octanol–water partition coefficient (Wildman–Crippen LogP) is 2.41. The molecule has 0 unspecified atom stereocenters. The van der Waals surface area contributed by atoms with Gasteiger partial charge in [0.25, 0.3) is 0 Å². The van der Waals surface area contributed by atoms with E-state index in [1.54, 1.807) is 16.7 Å². The summed E-state index contributed by atoms with van der Waals surface area (Å²) in [6.45, 7) is 0.260. The Kier molecular flexibility index (Phi) is 2.91. The zero-order chi connectivity index (χ0) is 11.7. The van der Waals surface area contributed by atoms with Crippen molar-refractivity contribution in [1.29, 1.82) is 0 Å². The Bertz CT molecular complexity index is 553. The Hall–Kier alpha value is -1.43. The first kappa shape index (κ1) is 11.1. The van der Waals surface area contributed by atoms with Gasteiger partial charge in [0.05, 0.1) is 11.9 Å². The van der Waals surface area contributed by atoms with E-state index < -0.39 is 11.8 Å². The van der Waals surface area contributed by atoms with E-state index in [-0.39, 0.29) is 18.5 Å². The van der Waals surface area contributed by atoms with Gasteiger partial charge in [-0.05, 0) is 28.1 Å². The van der Waals surface area contributed by atoms with E-state index >= 15 is 0 Å². The second-order valence-electron chi connectivity index (χ2n) is 3.28. The number of carbonyl (C=O) groups is 1. The molecule has 16 heavy (non-hydrogen) atoms. The molecule has 2 aromatic rings. The van der Waals surface area contributed by atoms with Crippen molar-refractivity contribution in [2.75, 3.05) is 0 Å². The van der Waals surface area contributed by atoms with Crippen LogP contribution in [0, 0.1) is 5.82 Å². The maximum Gasteiger partial charge on any atom is 0.305 e. The van der Waals surface area contributed by atoms with Crippen LogP contribution in [0.2, 0.25) is 0 Å². The minimum absolute atomic E-state index is 0.0272. The van der Waals surface area contributed by atoms with Crippen LogP contribution in [0.25, 0.3) is 11.0 Å². The smallest absolute Gasteiger partial charge is 0.305 e. The maximum atomic E-state index is 13.4. The van der Waals surface area contributed by atoms with Crippen LogP contribution in [0.15, 0.2) is 22.9 Å². The average Bonchev–Trinajstić information content (AvgIpc) is 2.53. The number of rotatable bonds is 3. The van der Waals surface area contributed by atoms with Crippen LogP contribution in [-0.4, -0.2) is 20.6 Å². The zero-order valence-corrected chi connectivity index (χ0v) is 9.74. The Balaban J connectivity index is 2.48. The van der Waals surface area contributed by atoms with E-state index in [2.05, 4.69) is 20.9 Å². The number of aryl methyl sites for hydroxylation is 1. The number of carboxylic acid groups (broad SMARTS) is 1. The number of carboxylic acids is 1. The summed E-state index contributed by atoms with van der Waals surface area (Å²) in [4.78, 5) is 14.5. The fourth-order valence-electron chi connectivity index (χ4n) is 1.50. The number of benzene rings is 1. The molecule has 0 spiro atoms. The van der Waals surface area contributed by atoms with Crippen LogP contribution < -0.4 is 0 Å². The molecule has 1 aromatic carbocycles. The van der Waals surface area contributed by atoms with E-state index in [1.807, 2.05) is 0 Å². The lowest BCUT2D eigenvalue weighted by molar-refractivity contribution is -0.137. The van der Waals surface area contributed by atoms with Gasteiger partial charge < -0.3 is 9.67 Å². The molecule has 0 saturated heterocycles. The summed E-state index contributed by atoms with van der Waals surface area (Å²) in [5, 5.41) is 8.61. The summed E-state index contributed by atoms with van der Waals surface area (Å²) in [5.41, 5.74) is 0.841. The molecule has 0 atom stereocenters. The van der Waals surface area contributed by atoms with Gasteiger partial charge >= 0.3 is 5.97 Å². The van der Waals surface area contributed by atoms with Crippen molar-refractivity contribution in [2.45, 2.75) is 13.0 Å². The first-order valence-electron chi connectivity index (χ1n) is 4.61. The van der Waals surface area contributed by atoms with Crippen LogP contribution in [0.5, 0.6) is 0 Å². The van der Waals surface area contributed by atoms with E-state index in [0.717, 1.165) is 0 Å². The number of hydrogen-bond acceptors (Lipinski definition) is 2. The molecule has 0 aliphatic heterocycles. The highest BCUT2D eigenvalue weighted by molar-refractivity contribution is 9.10. The molecular formula is C10H8BrFN2O2. The number of aromatic nitrogens is 2. The molecule has 0 fully saturated rings. The fraction of sp³-hybridized carbons (Fsp3) is 0.200. The first-order chi connectivity index (χ1) is 7.59. The molecule has 1 aromatic heterocycles. The molecular weight excluding hydrogens is 279 g/mol. The van der Waals surface area contributed by atoms with Crippen LogP contribution in [-0.2, 0) is 11.3 Å². The molecule has 1 heterocycles. The fourth-order valence-corrected chi connectivity index (χ4v) is 2.05. The van der Waals surface area contributed by atoms with Crippen LogP contribution in [0.4, 0.5) is 4.39 Å². The van der Waals surface area contributed by atoms with Crippen molar-refractivity contribution >= 4 is 32.9 Å². The van der Waals surface area contributed by atoms with Crippen LogP contribution in [0.3, 0.4) is 0 Å². The lowest BCUT2D eigenvalue weighted by atomic mass is 10.3. The molecule has 0 amide bonds. The second kappa shape index (κ2) is 4.21. The minimum Gasteiger partial charge on any atom is -0.481 e. The molecule has 1 N–H and O–H groups in total. The first-order valence-corrected chi connectivity index (χ1v) is 5.41. The van der Waals surface area contributed by atoms with Gasteiger partial charge in [-0.2, -0.15) is 0 Å². The summed E-state index contributed by atoms with van der Waals surface area (Å²) in [5.74, 6) is -1.31. The lowest BCUT2D eigenvalue weighted by Gasteiger charge is -2.02. The highest BCUT2D eigenvalue weighted by atomic mass is 79.9.